The van der Waals surface area contributed by atoms with Crippen LogP contribution in [0.5, 0.6) is 23.0 Å². The van der Waals surface area contributed by atoms with E-state index >= 15 is 0 Å². The summed E-state index contributed by atoms with van der Waals surface area (Å²) >= 11 is 0. The Balaban J connectivity index is 1.31. The highest BCUT2D eigenvalue weighted by atomic mass is 31.1. The highest BCUT2D eigenvalue weighted by Gasteiger charge is 2.26. The third-order valence-electron chi connectivity index (χ3n) is 11.3. The zero-order valence-corrected chi connectivity index (χ0v) is 36.2. The zero-order chi connectivity index (χ0) is 41.9. The van der Waals surface area contributed by atoms with Gasteiger partial charge in [-0.05, 0) is 130 Å². The molecular weight excluding hydrogens is 787 g/mol. The fourth-order valence-corrected chi connectivity index (χ4v) is 13.3. The lowest BCUT2D eigenvalue weighted by Crippen LogP contribution is -2.22. The maximum absolute atomic E-state index is 12.6. The second-order valence-electron chi connectivity index (χ2n) is 15.9. The highest BCUT2D eigenvalue weighted by molar-refractivity contribution is 7.80. The smallest absolute Gasteiger partial charge is 0.126 e. The number of rotatable bonds is 8. The molecule has 61 heavy (non-hydrogen) atoms. The van der Waals surface area contributed by atoms with E-state index in [1.807, 2.05) is 50.2 Å². The molecule has 0 aromatic heterocycles. The summed E-state index contributed by atoms with van der Waals surface area (Å²) in [6.07, 6.45) is 1.39. The van der Waals surface area contributed by atoms with Gasteiger partial charge in [-0.3, -0.25) is 0 Å². The topological polar surface area (TPSA) is 69.9 Å². The summed E-state index contributed by atoms with van der Waals surface area (Å²) in [5.74, 6) is 1.39. The normalized spacial score (nSPS) is 12.5. The number of hydrogen-bond donors (Lipinski definition) is 3. The lowest BCUT2D eigenvalue weighted by Gasteiger charge is -2.25. The Morgan fingerprint density at radius 2 is 0.623 bits per heavy atom. The molecule has 0 radical (unpaired) electrons. The minimum absolute atomic E-state index is 0.0932. The van der Waals surface area contributed by atoms with Crippen LogP contribution in [0.1, 0.15) is 58.4 Å². The Kier molecular flexibility index (Phi) is 11.7. The first-order valence-electron chi connectivity index (χ1n) is 20.9. The van der Waals surface area contributed by atoms with E-state index in [2.05, 4.69) is 146 Å². The second kappa shape index (κ2) is 17.8. The SMILES string of the molecule is CC(C)Oc1c2cccc1Cc1cc(P(c3ccccc3)c3ccccc3)cc(c1O)Cc1cc(P(c3ccccc3)c3ccccc3)cc(c1O)Cc1cccc(c1O)C2. The molecule has 1 aliphatic rings. The average molecular weight is 835 g/mol. The Morgan fingerprint density at radius 1 is 0.344 bits per heavy atom. The number of aromatic hydroxyl groups is 3. The van der Waals surface area contributed by atoms with Crippen molar-refractivity contribution >= 4 is 47.7 Å². The van der Waals surface area contributed by atoms with Crippen LogP contribution in [0.15, 0.2) is 182 Å². The maximum atomic E-state index is 12.6. The van der Waals surface area contributed by atoms with Gasteiger partial charge in [0.1, 0.15) is 23.0 Å². The summed E-state index contributed by atoms with van der Waals surface area (Å²) < 4.78 is 6.63. The first kappa shape index (κ1) is 40.2. The summed E-state index contributed by atoms with van der Waals surface area (Å²) in [5.41, 5.74) is 6.42. The number of phenols is 3. The molecular formula is C55H48O4P2. The fourth-order valence-electron chi connectivity index (χ4n) is 8.54. The van der Waals surface area contributed by atoms with E-state index in [1.54, 1.807) is 0 Å². The molecule has 0 atom stereocenters. The first-order valence-corrected chi connectivity index (χ1v) is 23.6. The predicted molar refractivity (Wildman–Crippen MR) is 255 cm³/mol. The predicted octanol–water partition coefficient (Wildman–Crippen LogP) is 9.78. The van der Waals surface area contributed by atoms with Gasteiger partial charge in [-0.15, -0.1) is 0 Å². The number of phenolic OH excluding ortho intramolecular Hbond substituents is 3. The summed E-state index contributed by atoms with van der Waals surface area (Å²) in [6, 6.07) is 63.1. The van der Waals surface area contributed by atoms with Gasteiger partial charge in [0.05, 0.1) is 6.10 Å². The van der Waals surface area contributed by atoms with Crippen LogP contribution < -0.4 is 36.6 Å². The summed E-state index contributed by atoms with van der Waals surface area (Å²) in [7, 11) is -2.05. The molecule has 0 fully saturated rings. The molecule has 0 aliphatic heterocycles. The number of fused-ring (bicyclic) bond motifs is 8. The van der Waals surface area contributed by atoms with Gasteiger partial charge < -0.3 is 20.1 Å². The third-order valence-corrected chi connectivity index (χ3v) is 16.1. The van der Waals surface area contributed by atoms with Crippen molar-refractivity contribution in [1.82, 2.24) is 0 Å². The Morgan fingerprint density at radius 3 is 0.967 bits per heavy atom. The highest BCUT2D eigenvalue weighted by Crippen LogP contribution is 2.42. The summed E-state index contributed by atoms with van der Waals surface area (Å²) in [4.78, 5) is 0. The average Bonchev–Trinajstić information content (AvgIpc) is 3.27. The van der Waals surface area contributed by atoms with Crippen LogP contribution in [0.3, 0.4) is 0 Å². The van der Waals surface area contributed by atoms with Gasteiger partial charge in [0.2, 0.25) is 0 Å². The third kappa shape index (κ3) is 8.58. The van der Waals surface area contributed by atoms with Crippen molar-refractivity contribution in [2.24, 2.45) is 0 Å². The van der Waals surface area contributed by atoms with Crippen molar-refractivity contribution in [1.29, 1.82) is 0 Å². The van der Waals surface area contributed by atoms with Crippen molar-refractivity contribution in [3.63, 3.8) is 0 Å². The monoisotopic (exact) mass is 834 g/mol. The van der Waals surface area contributed by atoms with E-state index in [1.165, 1.54) is 21.2 Å². The Bertz CT molecular complexity index is 2710. The number of benzene rings is 8. The standard InChI is InChI=1S/C55H48O4P2/c1-37(2)59-55-40-19-16-20-41(55)31-43-34-51(61(48-25-11-5-12-26-48)49-27-13-6-14-28-49)36-45(54(43)58)32-44-35-50(60(46-21-7-3-8-22-46)47-23-9-4-10-24-47)33-42(53(44)57)30-39-18-15-17-38(29-40)52(39)56/h3-28,33-37,56-58H,29-32H2,1-2H3. The molecule has 0 heterocycles. The molecule has 302 valence electrons. The van der Waals surface area contributed by atoms with Crippen LogP contribution in [0.4, 0.5) is 0 Å². The van der Waals surface area contributed by atoms with Crippen LogP contribution in [0, 0.1) is 0 Å². The van der Waals surface area contributed by atoms with Crippen molar-refractivity contribution in [2.75, 3.05) is 0 Å². The molecule has 8 aromatic carbocycles. The van der Waals surface area contributed by atoms with Gasteiger partial charge in [-0.25, -0.2) is 0 Å². The molecule has 0 amide bonds. The lowest BCUT2D eigenvalue weighted by atomic mass is 9.91. The number of para-hydroxylation sites is 2. The Hall–Kier alpha value is -6.18. The van der Waals surface area contributed by atoms with Gasteiger partial charge in [0.15, 0.2) is 0 Å². The summed E-state index contributed by atoms with van der Waals surface area (Å²) in [5, 5.41) is 44.0. The molecule has 0 saturated carbocycles. The molecule has 0 spiro atoms. The molecule has 9 rings (SSSR count). The molecule has 3 N–H and O–H groups in total. The maximum Gasteiger partial charge on any atom is 0.126 e. The molecule has 0 saturated heterocycles. The molecule has 1 aliphatic carbocycles. The van der Waals surface area contributed by atoms with Crippen molar-refractivity contribution < 1.29 is 20.1 Å². The van der Waals surface area contributed by atoms with Crippen LogP contribution in [0.2, 0.25) is 0 Å². The van der Waals surface area contributed by atoms with E-state index in [9.17, 15) is 15.3 Å². The lowest BCUT2D eigenvalue weighted by molar-refractivity contribution is 0.238. The Labute approximate surface area is 361 Å². The number of hydrogen-bond acceptors (Lipinski definition) is 4. The van der Waals surface area contributed by atoms with Gasteiger partial charge in [-0.2, -0.15) is 0 Å². The molecule has 6 heteroatoms. The van der Waals surface area contributed by atoms with E-state index in [-0.39, 0.29) is 23.4 Å². The van der Waals surface area contributed by atoms with Crippen LogP contribution in [-0.2, 0) is 25.7 Å². The second-order valence-corrected chi connectivity index (χ2v) is 20.4. The first-order chi connectivity index (χ1) is 29.8. The quantitative estimate of drug-likeness (QED) is 0.134. The van der Waals surface area contributed by atoms with Gasteiger partial charge in [0.25, 0.3) is 0 Å². The molecule has 4 nitrogen and oxygen atoms in total. The largest absolute Gasteiger partial charge is 0.507 e. The van der Waals surface area contributed by atoms with E-state index in [0.29, 0.717) is 25.7 Å². The number of ether oxygens (including phenoxy) is 1. The zero-order valence-electron chi connectivity index (χ0n) is 34.4. The molecule has 0 unspecified atom stereocenters. The minimum atomic E-state index is -1.03. The minimum Gasteiger partial charge on any atom is -0.507 e. The van der Waals surface area contributed by atoms with Crippen molar-refractivity contribution in [3.8, 4) is 23.0 Å². The van der Waals surface area contributed by atoms with E-state index in [0.717, 1.165) is 60.9 Å². The van der Waals surface area contributed by atoms with E-state index < -0.39 is 15.8 Å². The van der Waals surface area contributed by atoms with Crippen molar-refractivity contribution in [2.45, 2.75) is 45.6 Å². The van der Waals surface area contributed by atoms with Crippen molar-refractivity contribution in [3.05, 3.63) is 226 Å². The molecule has 8 bridgehead atoms. The van der Waals surface area contributed by atoms with Gasteiger partial charge >= 0.3 is 0 Å². The van der Waals surface area contributed by atoms with E-state index in [4.69, 9.17) is 4.74 Å². The van der Waals surface area contributed by atoms with Crippen LogP contribution >= 0.6 is 15.8 Å². The molecule has 8 aromatic rings. The fraction of sp³-hybridized carbons (Fsp3) is 0.127. The van der Waals surface area contributed by atoms with Gasteiger partial charge in [-0.1, -0.05) is 158 Å². The summed E-state index contributed by atoms with van der Waals surface area (Å²) in [6.45, 7) is 4.06. The van der Waals surface area contributed by atoms with Gasteiger partial charge in [0, 0.05) is 25.7 Å². The van der Waals surface area contributed by atoms with Crippen LogP contribution in [-0.4, -0.2) is 21.4 Å². The van der Waals surface area contributed by atoms with Crippen LogP contribution in [0.25, 0.3) is 0 Å².